The highest BCUT2D eigenvalue weighted by atomic mass is 16.5. The molecule has 1 aromatic carbocycles. The van der Waals surface area contributed by atoms with E-state index in [4.69, 9.17) is 9.47 Å². The molecule has 0 atom stereocenters. The number of rotatable bonds is 8. The Balaban J connectivity index is 2.20. The Kier molecular flexibility index (Phi) is 7.20. The van der Waals surface area contributed by atoms with Gasteiger partial charge in [0.15, 0.2) is 0 Å². The highest BCUT2D eigenvalue weighted by molar-refractivity contribution is 5.28. The summed E-state index contributed by atoms with van der Waals surface area (Å²) in [6.07, 6.45) is 0. The lowest BCUT2D eigenvalue weighted by Gasteiger charge is -2.22. The van der Waals surface area contributed by atoms with E-state index in [1.54, 1.807) is 0 Å². The monoisotopic (exact) mass is 293 g/mol. The van der Waals surface area contributed by atoms with Crippen molar-refractivity contribution in [1.29, 1.82) is 0 Å². The standard InChI is InChI=1S/C18H31NO2/c1-15(2)16-7-9-17(10-8-16)20-13-11-19(6)12-14-21-18(3,4)5/h7-10,15H,11-14H2,1-6H3. The Bertz CT molecular complexity index is 393. The second-order valence-corrected chi connectivity index (χ2v) is 6.84. The van der Waals surface area contributed by atoms with Crippen molar-refractivity contribution in [1.82, 2.24) is 4.90 Å². The summed E-state index contributed by atoms with van der Waals surface area (Å²) in [6, 6.07) is 8.39. The molecule has 0 aromatic heterocycles. The summed E-state index contributed by atoms with van der Waals surface area (Å²) in [5.41, 5.74) is 1.29. The van der Waals surface area contributed by atoms with Gasteiger partial charge in [-0.2, -0.15) is 0 Å². The van der Waals surface area contributed by atoms with Crippen molar-refractivity contribution in [2.45, 2.75) is 46.1 Å². The first-order valence-electron chi connectivity index (χ1n) is 7.83. The fraction of sp³-hybridized carbons (Fsp3) is 0.667. The van der Waals surface area contributed by atoms with Gasteiger partial charge in [0.1, 0.15) is 12.4 Å². The first kappa shape index (κ1) is 18.0. The molecule has 0 fully saturated rings. The number of hydrogen-bond donors (Lipinski definition) is 0. The number of benzene rings is 1. The van der Waals surface area contributed by atoms with Gasteiger partial charge >= 0.3 is 0 Å². The number of ether oxygens (including phenoxy) is 2. The van der Waals surface area contributed by atoms with Gasteiger partial charge in [0.05, 0.1) is 12.2 Å². The largest absolute Gasteiger partial charge is 0.492 e. The van der Waals surface area contributed by atoms with Crippen LogP contribution in [-0.4, -0.2) is 43.9 Å². The third-order valence-electron chi connectivity index (χ3n) is 3.30. The fourth-order valence-electron chi connectivity index (χ4n) is 1.89. The Labute approximate surface area is 130 Å². The lowest BCUT2D eigenvalue weighted by Crippen LogP contribution is -2.30. The topological polar surface area (TPSA) is 21.7 Å². The summed E-state index contributed by atoms with van der Waals surface area (Å²) in [5, 5.41) is 0. The average Bonchev–Trinajstić information content (AvgIpc) is 2.37. The molecule has 0 aliphatic heterocycles. The molecule has 0 heterocycles. The summed E-state index contributed by atoms with van der Waals surface area (Å²) >= 11 is 0. The minimum absolute atomic E-state index is 0.0600. The first-order valence-corrected chi connectivity index (χ1v) is 7.83. The quantitative estimate of drug-likeness (QED) is 0.725. The fourth-order valence-corrected chi connectivity index (χ4v) is 1.89. The molecule has 0 unspecified atom stereocenters. The summed E-state index contributed by atoms with van der Waals surface area (Å²) in [5.74, 6) is 1.51. The van der Waals surface area contributed by atoms with E-state index in [1.807, 2.05) is 0 Å². The van der Waals surface area contributed by atoms with Gasteiger partial charge in [-0.15, -0.1) is 0 Å². The SMILES string of the molecule is CC(C)c1ccc(OCCN(C)CCOC(C)(C)C)cc1. The average molecular weight is 293 g/mol. The van der Waals surface area contributed by atoms with Gasteiger partial charge < -0.3 is 14.4 Å². The van der Waals surface area contributed by atoms with Crippen molar-refractivity contribution in [3.8, 4) is 5.75 Å². The van der Waals surface area contributed by atoms with Crippen molar-refractivity contribution in [3.05, 3.63) is 29.8 Å². The Morgan fingerprint density at radius 3 is 2.10 bits per heavy atom. The van der Waals surface area contributed by atoms with E-state index in [9.17, 15) is 0 Å². The highest BCUT2D eigenvalue weighted by Crippen LogP contribution is 2.18. The second kappa shape index (κ2) is 8.40. The van der Waals surface area contributed by atoms with Gasteiger partial charge in [-0.25, -0.2) is 0 Å². The second-order valence-electron chi connectivity index (χ2n) is 6.84. The molecule has 3 heteroatoms. The number of hydrogen-bond acceptors (Lipinski definition) is 3. The van der Waals surface area contributed by atoms with Gasteiger partial charge in [0.2, 0.25) is 0 Å². The summed E-state index contributed by atoms with van der Waals surface area (Å²) < 4.78 is 11.5. The molecule has 0 bridgehead atoms. The molecule has 1 rings (SSSR count). The number of likely N-dealkylation sites (N-methyl/N-ethyl adjacent to an activating group) is 1. The van der Waals surface area contributed by atoms with E-state index in [-0.39, 0.29) is 5.60 Å². The van der Waals surface area contributed by atoms with E-state index in [2.05, 4.69) is 70.8 Å². The van der Waals surface area contributed by atoms with Crippen molar-refractivity contribution in [3.63, 3.8) is 0 Å². The van der Waals surface area contributed by atoms with Crippen molar-refractivity contribution in [2.75, 3.05) is 33.4 Å². The molecule has 0 aliphatic carbocycles. The minimum atomic E-state index is -0.0600. The zero-order valence-electron chi connectivity index (χ0n) is 14.5. The van der Waals surface area contributed by atoms with Crippen molar-refractivity contribution in [2.24, 2.45) is 0 Å². The first-order chi connectivity index (χ1) is 9.78. The van der Waals surface area contributed by atoms with Crippen LogP contribution in [0.25, 0.3) is 0 Å². The van der Waals surface area contributed by atoms with Crippen molar-refractivity contribution >= 4 is 0 Å². The van der Waals surface area contributed by atoms with E-state index < -0.39 is 0 Å². The molecule has 0 amide bonds. The Hall–Kier alpha value is -1.06. The molecule has 120 valence electrons. The molecular weight excluding hydrogens is 262 g/mol. The predicted octanol–water partition coefficient (Wildman–Crippen LogP) is 3.94. The maximum atomic E-state index is 5.78. The van der Waals surface area contributed by atoms with Crippen molar-refractivity contribution < 1.29 is 9.47 Å². The van der Waals surface area contributed by atoms with E-state index in [1.165, 1.54) is 5.56 Å². The van der Waals surface area contributed by atoms with Crippen LogP contribution in [0, 0.1) is 0 Å². The van der Waals surface area contributed by atoms with Gasteiger partial charge in [-0.1, -0.05) is 26.0 Å². The third kappa shape index (κ3) is 8.08. The number of nitrogens with zero attached hydrogens (tertiary/aromatic N) is 1. The Morgan fingerprint density at radius 1 is 1.00 bits per heavy atom. The summed E-state index contributed by atoms with van der Waals surface area (Å²) in [6.45, 7) is 13.9. The van der Waals surface area contributed by atoms with E-state index in [0.717, 1.165) is 25.4 Å². The molecule has 0 saturated heterocycles. The maximum Gasteiger partial charge on any atom is 0.119 e. The van der Waals surface area contributed by atoms with Crippen LogP contribution in [-0.2, 0) is 4.74 Å². The molecule has 1 aromatic rings. The van der Waals surface area contributed by atoms with Crippen LogP contribution in [0.2, 0.25) is 0 Å². The molecule has 0 spiro atoms. The van der Waals surface area contributed by atoms with E-state index in [0.29, 0.717) is 12.5 Å². The van der Waals surface area contributed by atoms with Crippen LogP contribution < -0.4 is 4.74 Å². The van der Waals surface area contributed by atoms with Crippen LogP contribution in [0.1, 0.15) is 46.1 Å². The lowest BCUT2D eigenvalue weighted by molar-refractivity contribution is -0.0114. The minimum Gasteiger partial charge on any atom is -0.492 e. The summed E-state index contributed by atoms with van der Waals surface area (Å²) in [7, 11) is 2.09. The smallest absolute Gasteiger partial charge is 0.119 e. The molecule has 21 heavy (non-hydrogen) atoms. The van der Waals surface area contributed by atoms with Crippen LogP contribution in [0.15, 0.2) is 24.3 Å². The van der Waals surface area contributed by atoms with Gasteiger partial charge in [-0.3, -0.25) is 0 Å². The van der Waals surface area contributed by atoms with Gasteiger partial charge in [-0.05, 0) is 51.4 Å². The highest BCUT2D eigenvalue weighted by Gasteiger charge is 2.10. The summed E-state index contributed by atoms with van der Waals surface area (Å²) in [4.78, 5) is 2.23. The van der Waals surface area contributed by atoms with Crippen LogP contribution in [0.4, 0.5) is 0 Å². The maximum absolute atomic E-state index is 5.78. The Morgan fingerprint density at radius 2 is 1.57 bits per heavy atom. The molecule has 3 nitrogen and oxygen atoms in total. The third-order valence-corrected chi connectivity index (χ3v) is 3.30. The zero-order valence-corrected chi connectivity index (χ0v) is 14.5. The lowest BCUT2D eigenvalue weighted by atomic mass is 10.0. The predicted molar refractivity (Wildman–Crippen MR) is 89.2 cm³/mol. The molecular formula is C18H31NO2. The molecule has 0 radical (unpaired) electrons. The van der Waals surface area contributed by atoms with Gasteiger partial charge in [0, 0.05) is 13.1 Å². The molecule has 0 N–H and O–H groups in total. The zero-order chi connectivity index (χ0) is 15.9. The molecule has 0 aliphatic rings. The van der Waals surface area contributed by atoms with Crippen LogP contribution in [0.3, 0.4) is 0 Å². The normalized spacial score (nSPS) is 12.2. The van der Waals surface area contributed by atoms with E-state index >= 15 is 0 Å². The molecule has 0 saturated carbocycles. The van der Waals surface area contributed by atoms with Crippen LogP contribution in [0.5, 0.6) is 5.75 Å². The van der Waals surface area contributed by atoms with Crippen LogP contribution >= 0.6 is 0 Å². The van der Waals surface area contributed by atoms with Gasteiger partial charge in [0.25, 0.3) is 0 Å².